The van der Waals surface area contributed by atoms with Gasteiger partial charge < -0.3 is 9.84 Å². The van der Waals surface area contributed by atoms with E-state index in [1.54, 1.807) is 0 Å². The number of hydrogen-bond donors (Lipinski definition) is 1. The molecular weight excluding hydrogens is 294 g/mol. The van der Waals surface area contributed by atoms with Crippen LogP contribution in [0.1, 0.15) is 23.2 Å². The number of carboxylic acid groups (broad SMARTS) is 1. The molecule has 0 radical (unpaired) electrons. The summed E-state index contributed by atoms with van der Waals surface area (Å²) < 4.78 is 31.6. The fourth-order valence-corrected chi connectivity index (χ4v) is 3.68. The first-order chi connectivity index (χ1) is 9.91. The molecule has 1 atom stereocenters. The van der Waals surface area contributed by atoms with Gasteiger partial charge in [0.15, 0.2) is 0 Å². The predicted octanol–water partition coefficient (Wildman–Crippen LogP) is 1.43. The summed E-state index contributed by atoms with van der Waals surface area (Å²) in [6, 6.07) is 5.41. The molecule has 1 unspecified atom stereocenters. The number of carbonyl (C=O) groups is 1. The maximum atomic E-state index is 12.5. The smallest absolute Gasteiger partial charge is 0.335 e. The third kappa shape index (κ3) is 3.81. The lowest BCUT2D eigenvalue weighted by Crippen LogP contribution is -2.35. The third-order valence-electron chi connectivity index (χ3n) is 3.56. The highest BCUT2D eigenvalue weighted by Gasteiger charge is 2.25. The Labute approximate surface area is 124 Å². The summed E-state index contributed by atoms with van der Waals surface area (Å²) >= 11 is 0. The molecule has 1 heterocycles. The number of nitrogens with zero attached hydrogens (tertiary/aromatic N) is 1. The van der Waals surface area contributed by atoms with E-state index in [0.29, 0.717) is 13.2 Å². The van der Waals surface area contributed by atoms with Crippen molar-refractivity contribution in [3.05, 3.63) is 29.8 Å². The number of aromatic carboxylic acids is 1. The van der Waals surface area contributed by atoms with Crippen LogP contribution in [-0.4, -0.2) is 50.6 Å². The number of rotatable bonds is 5. The average molecular weight is 313 g/mol. The second-order valence-corrected chi connectivity index (χ2v) is 7.25. The van der Waals surface area contributed by atoms with Gasteiger partial charge in [-0.25, -0.2) is 17.5 Å². The van der Waals surface area contributed by atoms with E-state index in [1.165, 1.54) is 35.6 Å². The molecular formula is C14H19NO5S. The van der Waals surface area contributed by atoms with Gasteiger partial charge in [-0.15, -0.1) is 0 Å². The van der Waals surface area contributed by atoms with Gasteiger partial charge in [0.2, 0.25) is 10.0 Å². The molecule has 0 amide bonds. The van der Waals surface area contributed by atoms with E-state index in [2.05, 4.69) is 0 Å². The van der Waals surface area contributed by atoms with Crippen LogP contribution in [0, 0.1) is 5.92 Å². The molecule has 21 heavy (non-hydrogen) atoms. The van der Waals surface area contributed by atoms with Crippen LogP contribution in [0.5, 0.6) is 0 Å². The largest absolute Gasteiger partial charge is 0.478 e. The van der Waals surface area contributed by atoms with Crippen molar-refractivity contribution < 1.29 is 23.1 Å². The summed E-state index contributed by atoms with van der Waals surface area (Å²) in [7, 11) is -2.17. The van der Waals surface area contributed by atoms with Gasteiger partial charge in [-0.2, -0.15) is 0 Å². The zero-order chi connectivity index (χ0) is 15.5. The fraction of sp³-hybridized carbons (Fsp3) is 0.500. The van der Waals surface area contributed by atoms with E-state index in [1.807, 2.05) is 0 Å². The first kappa shape index (κ1) is 15.9. The van der Waals surface area contributed by atoms with Crippen molar-refractivity contribution in [3.8, 4) is 0 Å². The molecule has 0 aromatic heterocycles. The minimum atomic E-state index is -3.68. The number of carboxylic acids is 1. The van der Waals surface area contributed by atoms with Gasteiger partial charge in [0, 0.05) is 20.2 Å². The Morgan fingerprint density at radius 1 is 1.48 bits per heavy atom. The zero-order valence-corrected chi connectivity index (χ0v) is 12.7. The van der Waals surface area contributed by atoms with Crippen molar-refractivity contribution in [2.45, 2.75) is 17.7 Å². The quantitative estimate of drug-likeness (QED) is 0.889. The molecule has 7 heteroatoms. The van der Waals surface area contributed by atoms with Gasteiger partial charge in [-0.05, 0) is 37.0 Å². The van der Waals surface area contributed by atoms with E-state index >= 15 is 0 Å². The molecule has 1 fully saturated rings. The van der Waals surface area contributed by atoms with Crippen LogP contribution >= 0.6 is 0 Å². The Balaban J connectivity index is 2.16. The monoisotopic (exact) mass is 313 g/mol. The molecule has 0 aliphatic carbocycles. The van der Waals surface area contributed by atoms with Gasteiger partial charge in [-0.3, -0.25) is 0 Å². The summed E-state index contributed by atoms with van der Waals surface area (Å²) in [4.78, 5) is 10.9. The van der Waals surface area contributed by atoms with Gasteiger partial charge >= 0.3 is 5.97 Å². The second-order valence-electron chi connectivity index (χ2n) is 5.20. The van der Waals surface area contributed by atoms with E-state index in [0.717, 1.165) is 19.4 Å². The Kier molecular flexibility index (Phi) is 4.97. The molecule has 1 N–H and O–H groups in total. The summed E-state index contributed by atoms with van der Waals surface area (Å²) in [6.45, 7) is 1.67. The lowest BCUT2D eigenvalue weighted by atomic mass is 10.0. The lowest BCUT2D eigenvalue weighted by Gasteiger charge is -2.26. The van der Waals surface area contributed by atoms with Crippen molar-refractivity contribution in [1.82, 2.24) is 4.31 Å². The molecule has 1 aliphatic heterocycles. The Bertz CT molecular complexity index is 608. The van der Waals surface area contributed by atoms with E-state index < -0.39 is 16.0 Å². The highest BCUT2D eigenvalue weighted by atomic mass is 32.2. The molecule has 0 spiro atoms. The average Bonchev–Trinajstić information content (AvgIpc) is 2.48. The topological polar surface area (TPSA) is 83.9 Å². The standard InChI is InChI=1S/C14H19NO5S/c1-15(9-11-4-3-7-20-10-11)21(18,19)13-6-2-5-12(8-13)14(16)17/h2,5-6,8,11H,3-4,7,9-10H2,1H3,(H,16,17). The molecule has 2 rings (SSSR count). The Hall–Kier alpha value is -1.44. The number of sulfonamides is 1. The molecule has 1 aromatic rings. The van der Waals surface area contributed by atoms with Crippen LogP contribution in [-0.2, 0) is 14.8 Å². The minimum Gasteiger partial charge on any atom is -0.478 e. The van der Waals surface area contributed by atoms with Crippen LogP contribution < -0.4 is 0 Å². The van der Waals surface area contributed by atoms with Crippen molar-refractivity contribution in [1.29, 1.82) is 0 Å². The first-order valence-corrected chi connectivity index (χ1v) is 8.22. The van der Waals surface area contributed by atoms with E-state index in [9.17, 15) is 13.2 Å². The van der Waals surface area contributed by atoms with E-state index in [-0.39, 0.29) is 16.4 Å². The van der Waals surface area contributed by atoms with Crippen LogP contribution in [0.3, 0.4) is 0 Å². The van der Waals surface area contributed by atoms with Crippen molar-refractivity contribution in [3.63, 3.8) is 0 Å². The lowest BCUT2D eigenvalue weighted by molar-refractivity contribution is 0.0495. The van der Waals surface area contributed by atoms with Crippen LogP contribution in [0.25, 0.3) is 0 Å². The number of ether oxygens (including phenoxy) is 1. The van der Waals surface area contributed by atoms with Crippen LogP contribution in [0.15, 0.2) is 29.2 Å². The summed E-state index contributed by atoms with van der Waals surface area (Å²) in [5, 5.41) is 8.95. The SMILES string of the molecule is CN(CC1CCCOC1)S(=O)(=O)c1cccc(C(=O)O)c1. The summed E-state index contributed by atoms with van der Waals surface area (Å²) in [5.74, 6) is -0.962. The number of benzene rings is 1. The minimum absolute atomic E-state index is 0.00151. The molecule has 6 nitrogen and oxygen atoms in total. The number of hydrogen-bond acceptors (Lipinski definition) is 4. The van der Waals surface area contributed by atoms with Crippen LogP contribution in [0.4, 0.5) is 0 Å². The summed E-state index contributed by atoms with van der Waals surface area (Å²) in [6.07, 6.45) is 1.88. The highest BCUT2D eigenvalue weighted by Crippen LogP contribution is 2.20. The Morgan fingerprint density at radius 3 is 2.86 bits per heavy atom. The maximum absolute atomic E-state index is 12.5. The second kappa shape index (κ2) is 6.55. The zero-order valence-electron chi connectivity index (χ0n) is 11.9. The molecule has 0 bridgehead atoms. The predicted molar refractivity (Wildman–Crippen MR) is 76.8 cm³/mol. The normalized spacial score (nSPS) is 19.6. The molecule has 1 aliphatic rings. The maximum Gasteiger partial charge on any atom is 0.335 e. The fourth-order valence-electron chi connectivity index (χ4n) is 2.38. The van der Waals surface area contributed by atoms with Crippen molar-refractivity contribution >= 4 is 16.0 Å². The van der Waals surface area contributed by atoms with Gasteiger partial charge in [0.05, 0.1) is 17.1 Å². The van der Waals surface area contributed by atoms with Gasteiger partial charge in [0.1, 0.15) is 0 Å². The molecule has 0 saturated carbocycles. The van der Waals surface area contributed by atoms with Gasteiger partial charge in [0.25, 0.3) is 0 Å². The van der Waals surface area contributed by atoms with Crippen LogP contribution in [0.2, 0.25) is 0 Å². The molecule has 1 aromatic carbocycles. The Morgan fingerprint density at radius 2 is 2.24 bits per heavy atom. The first-order valence-electron chi connectivity index (χ1n) is 6.78. The highest BCUT2D eigenvalue weighted by molar-refractivity contribution is 7.89. The van der Waals surface area contributed by atoms with Crippen molar-refractivity contribution in [2.24, 2.45) is 5.92 Å². The van der Waals surface area contributed by atoms with Crippen molar-refractivity contribution in [2.75, 3.05) is 26.8 Å². The molecule has 116 valence electrons. The third-order valence-corrected chi connectivity index (χ3v) is 5.38. The summed E-state index contributed by atoms with van der Waals surface area (Å²) in [5.41, 5.74) is -0.0366. The van der Waals surface area contributed by atoms with E-state index in [4.69, 9.17) is 9.84 Å². The molecule has 1 saturated heterocycles. The van der Waals surface area contributed by atoms with Gasteiger partial charge in [-0.1, -0.05) is 6.07 Å².